The number of alkyl carbamates (subject to hydrolysis) is 1. The molecule has 1 heterocycles. The van der Waals surface area contributed by atoms with Crippen molar-refractivity contribution < 1.29 is 14.3 Å². The number of rotatable bonds is 6. The van der Waals surface area contributed by atoms with Crippen LogP contribution in [0, 0.1) is 5.41 Å². The minimum absolute atomic E-state index is 0.00818. The van der Waals surface area contributed by atoms with Crippen molar-refractivity contribution >= 4 is 23.3 Å². The Bertz CT molecular complexity index is 556. The lowest BCUT2D eigenvalue weighted by Gasteiger charge is -2.31. The lowest BCUT2D eigenvalue weighted by atomic mass is 9.85. The third-order valence-electron chi connectivity index (χ3n) is 3.57. The van der Waals surface area contributed by atoms with Crippen molar-refractivity contribution in [2.45, 2.75) is 79.0 Å². The summed E-state index contributed by atoms with van der Waals surface area (Å²) in [7, 11) is 0. The first kappa shape index (κ1) is 21.5. The molecular formula is C19H32N2O3S. The average molecular weight is 369 g/mol. The minimum Gasteiger partial charge on any atom is -0.444 e. The van der Waals surface area contributed by atoms with Crippen molar-refractivity contribution in [3.8, 4) is 0 Å². The molecule has 0 spiro atoms. The van der Waals surface area contributed by atoms with Gasteiger partial charge in [-0.3, -0.25) is 4.79 Å². The van der Waals surface area contributed by atoms with Gasteiger partial charge in [-0.2, -0.15) is 0 Å². The molecule has 0 aliphatic rings. The van der Waals surface area contributed by atoms with Crippen LogP contribution in [0.5, 0.6) is 0 Å². The minimum atomic E-state index is -0.526. The van der Waals surface area contributed by atoms with Gasteiger partial charge in [0.1, 0.15) is 5.60 Å². The summed E-state index contributed by atoms with van der Waals surface area (Å²) in [6, 6.07) is 3.90. The molecule has 0 aliphatic heterocycles. The number of hydrogen-bond acceptors (Lipinski definition) is 4. The number of carbonyl (C=O) groups excluding carboxylic acids is 2. The van der Waals surface area contributed by atoms with Crippen molar-refractivity contribution in [2.75, 3.05) is 0 Å². The Balaban J connectivity index is 2.49. The molecule has 0 saturated heterocycles. The molecular weight excluding hydrogens is 336 g/mol. The zero-order valence-corrected chi connectivity index (χ0v) is 17.3. The summed E-state index contributed by atoms with van der Waals surface area (Å²) in [5.74, 6) is -0.00818. The molecule has 2 amide bonds. The van der Waals surface area contributed by atoms with E-state index < -0.39 is 11.7 Å². The number of thiophene rings is 1. The summed E-state index contributed by atoms with van der Waals surface area (Å²) in [4.78, 5) is 25.3. The largest absolute Gasteiger partial charge is 0.444 e. The monoisotopic (exact) mass is 368 g/mol. The second-order valence-electron chi connectivity index (χ2n) is 8.47. The van der Waals surface area contributed by atoms with E-state index in [-0.39, 0.29) is 23.4 Å². The number of carbonyl (C=O) groups is 2. The second kappa shape index (κ2) is 8.70. The summed E-state index contributed by atoms with van der Waals surface area (Å²) in [5.41, 5.74) is -0.595. The maximum atomic E-state index is 12.4. The standard InChI is InChI=1S/C19H32N2O3S/c1-13(20-17(23)24-19(5,6)7)10-11-15(22)21-16(18(2,3)4)14-9-8-12-25-14/h8-9,12-13,16H,10-11H2,1-7H3,(H,20,23)(H,21,22)/t13-,16+/m0/s1. The lowest BCUT2D eigenvalue weighted by Crippen LogP contribution is -2.39. The first-order chi connectivity index (χ1) is 11.4. The number of hydrogen-bond donors (Lipinski definition) is 2. The van der Waals surface area contributed by atoms with Gasteiger partial charge in [0.05, 0.1) is 6.04 Å². The maximum absolute atomic E-state index is 12.4. The molecule has 6 heteroatoms. The van der Waals surface area contributed by atoms with Crippen LogP contribution in [0.15, 0.2) is 17.5 Å². The van der Waals surface area contributed by atoms with Crippen LogP contribution in [-0.2, 0) is 9.53 Å². The van der Waals surface area contributed by atoms with E-state index in [1.807, 2.05) is 45.2 Å². The highest BCUT2D eigenvalue weighted by atomic mass is 32.1. The number of amides is 2. The fraction of sp³-hybridized carbons (Fsp3) is 0.684. The summed E-state index contributed by atoms with van der Waals surface area (Å²) in [6.45, 7) is 13.7. The predicted octanol–water partition coefficient (Wildman–Crippen LogP) is 4.64. The van der Waals surface area contributed by atoms with Crippen LogP contribution in [0.2, 0.25) is 0 Å². The zero-order chi connectivity index (χ0) is 19.3. The summed E-state index contributed by atoms with van der Waals surface area (Å²) in [6.07, 6.45) is 0.466. The van der Waals surface area contributed by atoms with Gasteiger partial charge in [-0.15, -0.1) is 11.3 Å². The van der Waals surface area contributed by atoms with E-state index >= 15 is 0 Å². The summed E-state index contributed by atoms with van der Waals surface area (Å²) >= 11 is 1.65. The highest BCUT2D eigenvalue weighted by Crippen LogP contribution is 2.35. The van der Waals surface area contributed by atoms with Crippen LogP contribution in [0.25, 0.3) is 0 Å². The third kappa shape index (κ3) is 8.38. The van der Waals surface area contributed by atoms with Crippen molar-refractivity contribution in [2.24, 2.45) is 5.41 Å². The van der Waals surface area contributed by atoms with Gasteiger partial charge in [0.15, 0.2) is 0 Å². The lowest BCUT2D eigenvalue weighted by molar-refractivity contribution is -0.122. The van der Waals surface area contributed by atoms with E-state index in [2.05, 4.69) is 31.4 Å². The van der Waals surface area contributed by atoms with Gasteiger partial charge in [-0.05, 0) is 51.0 Å². The molecule has 2 N–H and O–H groups in total. The van der Waals surface area contributed by atoms with Crippen LogP contribution in [0.4, 0.5) is 4.79 Å². The van der Waals surface area contributed by atoms with Crippen LogP contribution >= 0.6 is 11.3 Å². The molecule has 0 aromatic carbocycles. The van der Waals surface area contributed by atoms with Gasteiger partial charge < -0.3 is 15.4 Å². The molecule has 142 valence electrons. The molecule has 0 saturated carbocycles. The van der Waals surface area contributed by atoms with Gasteiger partial charge >= 0.3 is 6.09 Å². The van der Waals surface area contributed by atoms with Crippen LogP contribution < -0.4 is 10.6 Å². The van der Waals surface area contributed by atoms with Crippen LogP contribution in [-0.4, -0.2) is 23.6 Å². The Morgan fingerprint density at radius 3 is 2.28 bits per heavy atom. The molecule has 25 heavy (non-hydrogen) atoms. The summed E-state index contributed by atoms with van der Waals surface area (Å²) < 4.78 is 5.22. The van der Waals surface area contributed by atoms with E-state index in [9.17, 15) is 9.59 Å². The van der Waals surface area contributed by atoms with Gasteiger partial charge in [0, 0.05) is 17.3 Å². The first-order valence-electron chi connectivity index (χ1n) is 8.71. The Hall–Kier alpha value is -1.56. The Morgan fingerprint density at radius 1 is 1.16 bits per heavy atom. The molecule has 2 atom stereocenters. The van der Waals surface area contributed by atoms with E-state index in [0.29, 0.717) is 12.8 Å². The van der Waals surface area contributed by atoms with Crippen molar-refractivity contribution in [1.82, 2.24) is 10.6 Å². The Kier molecular flexibility index (Phi) is 7.47. The zero-order valence-electron chi connectivity index (χ0n) is 16.4. The molecule has 1 aromatic heterocycles. The van der Waals surface area contributed by atoms with Gasteiger partial charge in [-0.25, -0.2) is 4.79 Å². The maximum Gasteiger partial charge on any atom is 0.407 e. The predicted molar refractivity (Wildman–Crippen MR) is 103 cm³/mol. The Morgan fingerprint density at radius 2 is 1.80 bits per heavy atom. The van der Waals surface area contributed by atoms with E-state index in [4.69, 9.17) is 4.74 Å². The number of nitrogens with one attached hydrogen (secondary N) is 2. The average Bonchev–Trinajstić information content (AvgIpc) is 2.92. The van der Waals surface area contributed by atoms with Gasteiger partial charge in [0.2, 0.25) is 5.91 Å². The first-order valence-corrected chi connectivity index (χ1v) is 9.59. The SMILES string of the molecule is C[C@@H](CCC(=O)N[C@H](c1cccs1)C(C)(C)C)NC(=O)OC(C)(C)C. The van der Waals surface area contributed by atoms with Gasteiger partial charge in [0.25, 0.3) is 0 Å². The molecule has 0 bridgehead atoms. The fourth-order valence-electron chi connectivity index (χ4n) is 2.33. The topological polar surface area (TPSA) is 67.4 Å². The molecule has 0 aliphatic carbocycles. The molecule has 5 nitrogen and oxygen atoms in total. The molecule has 0 unspecified atom stereocenters. The van der Waals surface area contributed by atoms with Gasteiger partial charge in [-0.1, -0.05) is 26.8 Å². The van der Waals surface area contributed by atoms with Crippen LogP contribution in [0.1, 0.15) is 72.2 Å². The quantitative estimate of drug-likeness (QED) is 0.768. The summed E-state index contributed by atoms with van der Waals surface area (Å²) in [5, 5.41) is 7.92. The fourth-order valence-corrected chi connectivity index (χ4v) is 3.35. The van der Waals surface area contributed by atoms with Crippen molar-refractivity contribution in [3.63, 3.8) is 0 Å². The van der Waals surface area contributed by atoms with E-state index in [1.165, 1.54) is 0 Å². The Labute approximate surface area is 155 Å². The van der Waals surface area contributed by atoms with Crippen LogP contribution in [0.3, 0.4) is 0 Å². The van der Waals surface area contributed by atoms with E-state index in [0.717, 1.165) is 4.88 Å². The smallest absolute Gasteiger partial charge is 0.407 e. The highest BCUT2D eigenvalue weighted by Gasteiger charge is 2.28. The van der Waals surface area contributed by atoms with Crippen molar-refractivity contribution in [3.05, 3.63) is 22.4 Å². The number of ether oxygens (including phenoxy) is 1. The van der Waals surface area contributed by atoms with Crippen molar-refractivity contribution in [1.29, 1.82) is 0 Å². The normalized spacial score (nSPS) is 14.5. The molecule has 1 rings (SSSR count). The molecule has 0 fully saturated rings. The highest BCUT2D eigenvalue weighted by molar-refractivity contribution is 7.10. The third-order valence-corrected chi connectivity index (χ3v) is 4.50. The molecule has 0 radical (unpaired) electrons. The second-order valence-corrected chi connectivity index (χ2v) is 9.45. The van der Waals surface area contributed by atoms with E-state index in [1.54, 1.807) is 11.3 Å². The molecule has 1 aromatic rings.